The first-order chi connectivity index (χ1) is 10.0. The first kappa shape index (κ1) is 15.7. The Morgan fingerprint density at radius 1 is 1.29 bits per heavy atom. The van der Waals surface area contributed by atoms with Crippen molar-refractivity contribution in [3.05, 3.63) is 27.5 Å². The number of aromatic nitrogens is 3. The molecule has 7 heteroatoms. The smallest absolute Gasteiger partial charge is 0.148 e. The molecule has 0 fully saturated rings. The summed E-state index contributed by atoms with van der Waals surface area (Å²) in [5.41, 5.74) is 4.67. The van der Waals surface area contributed by atoms with Crippen LogP contribution in [-0.4, -0.2) is 22.0 Å². The van der Waals surface area contributed by atoms with Crippen molar-refractivity contribution in [1.29, 1.82) is 0 Å². The van der Waals surface area contributed by atoms with Gasteiger partial charge in [0.25, 0.3) is 0 Å². The van der Waals surface area contributed by atoms with E-state index in [1.54, 1.807) is 11.3 Å². The molecule has 0 aliphatic rings. The number of rotatable bonds is 6. The molecule has 0 bridgehead atoms. The molecule has 0 saturated heterocycles. The quantitative estimate of drug-likeness (QED) is 0.630. The Morgan fingerprint density at radius 2 is 2.05 bits per heavy atom. The van der Waals surface area contributed by atoms with E-state index in [0.29, 0.717) is 5.82 Å². The monoisotopic (exact) mass is 306 g/mol. The zero-order valence-electron chi connectivity index (χ0n) is 13.0. The van der Waals surface area contributed by atoms with Crippen LogP contribution in [0.25, 0.3) is 0 Å². The lowest BCUT2D eigenvalue weighted by Crippen LogP contribution is -2.22. The lowest BCUT2D eigenvalue weighted by molar-refractivity contribution is 0.801. The highest BCUT2D eigenvalue weighted by molar-refractivity contribution is 7.09. The van der Waals surface area contributed by atoms with Crippen molar-refractivity contribution in [2.24, 2.45) is 5.84 Å². The van der Waals surface area contributed by atoms with Crippen LogP contribution in [-0.2, 0) is 13.0 Å². The first-order valence-corrected chi connectivity index (χ1v) is 7.89. The molecule has 0 spiro atoms. The van der Waals surface area contributed by atoms with Crippen molar-refractivity contribution in [3.63, 3.8) is 0 Å². The third-order valence-electron chi connectivity index (χ3n) is 3.20. The molecule has 6 nitrogen and oxygen atoms in total. The minimum absolute atomic E-state index is 0.685. The predicted octanol–water partition coefficient (Wildman–Crippen LogP) is 2.42. The van der Waals surface area contributed by atoms with Gasteiger partial charge < -0.3 is 10.3 Å². The molecule has 0 aromatic carbocycles. The van der Waals surface area contributed by atoms with Gasteiger partial charge >= 0.3 is 0 Å². The van der Waals surface area contributed by atoms with Gasteiger partial charge in [-0.2, -0.15) is 0 Å². The van der Waals surface area contributed by atoms with E-state index in [1.807, 2.05) is 20.9 Å². The van der Waals surface area contributed by atoms with Crippen molar-refractivity contribution < 1.29 is 0 Å². The van der Waals surface area contributed by atoms with Crippen LogP contribution in [0.2, 0.25) is 0 Å². The van der Waals surface area contributed by atoms with Crippen molar-refractivity contribution in [2.45, 2.75) is 40.2 Å². The van der Waals surface area contributed by atoms with Gasteiger partial charge in [0.15, 0.2) is 0 Å². The van der Waals surface area contributed by atoms with Crippen molar-refractivity contribution >= 4 is 23.0 Å². The summed E-state index contributed by atoms with van der Waals surface area (Å²) in [7, 11) is 2.01. The number of hydrogen-bond acceptors (Lipinski definition) is 7. The summed E-state index contributed by atoms with van der Waals surface area (Å²) >= 11 is 1.66. The zero-order chi connectivity index (χ0) is 15.4. The lowest BCUT2D eigenvalue weighted by atomic mass is 10.2. The van der Waals surface area contributed by atoms with Crippen LogP contribution in [0.3, 0.4) is 0 Å². The lowest BCUT2D eigenvalue weighted by Gasteiger charge is -2.21. The summed E-state index contributed by atoms with van der Waals surface area (Å²) in [6.45, 7) is 6.82. The Hall–Kier alpha value is -1.73. The van der Waals surface area contributed by atoms with Gasteiger partial charge in [-0.05, 0) is 20.3 Å². The van der Waals surface area contributed by atoms with Gasteiger partial charge in [0.2, 0.25) is 0 Å². The normalized spacial score (nSPS) is 10.7. The molecular formula is C14H22N6S. The Bertz CT molecular complexity index is 610. The Morgan fingerprint density at radius 3 is 2.62 bits per heavy atom. The van der Waals surface area contributed by atoms with Crippen LogP contribution in [0.5, 0.6) is 0 Å². The van der Waals surface area contributed by atoms with Gasteiger partial charge in [-0.1, -0.05) is 6.92 Å². The molecule has 0 saturated carbocycles. The van der Waals surface area contributed by atoms with Gasteiger partial charge in [0, 0.05) is 24.4 Å². The molecule has 0 radical (unpaired) electrons. The summed E-state index contributed by atoms with van der Waals surface area (Å²) in [6.07, 6.45) is 1.84. The van der Waals surface area contributed by atoms with Gasteiger partial charge in [-0.15, -0.1) is 11.3 Å². The molecule has 0 unspecified atom stereocenters. The summed E-state index contributed by atoms with van der Waals surface area (Å²) in [5, 5.41) is 3.16. The molecule has 114 valence electrons. The fourth-order valence-corrected chi connectivity index (χ4v) is 2.80. The van der Waals surface area contributed by atoms with Gasteiger partial charge in [0.05, 0.1) is 17.2 Å². The Kier molecular flexibility index (Phi) is 5.08. The molecule has 0 aliphatic carbocycles. The molecule has 21 heavy (non-hydrogen) atoms. The minimum atomic E-state index is 0.685. The number of anilines is 2. The molecule has 3 N–H and O–H groups in total. The van der Waals surface area contributed by atoms with E-state index in [0.717, 1.165) is 47.3 Å². The second-order valence-electron chi connectivity index (χ2n) is 5.05. The standard InChI is InChI=1S/C14H22N6S/c1-5-6-12-17-13(19-15)9(2)14(18-12)20(4)7-11-8-21-10(3)16-11/h8H,5-7,15H2,1-4H3,(H,17,18,19). The summed E-state index contributed by atoms with van der Waals surface area (Å²) in [4.78, 5) is 15.7. The molecule has 2 heterocycles. The topological polar surface area (TPSA) is 80.0 Å². The van der Waals surface area contributed by atoms with Crippen LogP contribution >= 0.6 is 11.3 Å². The number of thiazole rings is 1. The second kappa shape index (κ2) is 6.82. The third-order valence-corrected chi connectivity index (χ3v) is 4.03. The molecule has 0 aliphatic heterocycles. The van der Waals surface area contributed by atoms with E-state index in [4.69, 9.17) is 5.84 Å². The van der Waals surface area contributed by atoms with Crippen LogP contribution in [0.4, 0.5) is 11.6 Å². The van der Waals surface area contributed by atoms with Crippen molar-refractivity contribution in [3.8, 4) is 0 Å². The number of hydrogen-bond donors (Lipinski definition) is 2. The van der Waals surface area contributed by atoms with Crippen LogP contribution < -0.4 is 16.2 Å². The SMILES string of the molecule is CCCc1nc(NN)c(C)c(N(C)Cc2csc(C)n2)n1. The second-order valence-corrected chi connectivity index (χ2v) is 6.11. The zero-order valence-corrected chi connectivity index (χ0v) is 13.8. The number of nitrogens with one attached hydrogen (secondary N) is 1. The Labute approximate surface area is 129 Å². The van der Waals surface area contributed by atoms with Gasteiger partial charge in [-0.3, -0.25) is 0 Å². The highest BCUT2D eigenvalue weighted by Crippen LogP contribution is 2.24. The molecule has 2 aromatic rings. The molecule has 0 atom stereocenters. The summed E-state index contributed by atoms with van der Waals surface area (Å²) in [5.74, 6) is 7.96. The van der Waals surface area contributed by atoms with Crippen LogP contribution in [0.15, 0.2) is 5.38 Å². The molecule has 0 amide bonds. The van der Waals surface area contributed by atoms with Crippen LogP contribution in [0.1, 0.15) is 35.4 Å². The van der Waals surface area contributed by atoms with E-state index in [1.165, 1.54) is 0 Å². The number of aryl methyl sites for hydroxylation is 2. The highest BCUT2D eigenvalue weighted by atomic mass is 32.1. The average Bonchev–Trinajstić information content (AvgIpc) is 2.86. The fourth-order valence-electron chi connectivity index (χ4n) is 2.20. The minimum Gasteiger partial charge on any atom is -0.353 e. The Balaban J connectivity index is 2.29. The van der Waals surface area contributed by atoms with Crippen LogP contribution in [0, 0.1) is 13.8 Å². The highest BCUT2D eigenvalue weighted by Gasteiger charge is 2.14. The van der Waals surface area contributed by atoms with E-state index in [2.05, 4.69) is 37.6 Å². The maximum Gasteiger partial charge on any atom is 0.148 e. The predicted molar refractivity (Wildman–Crippen MR) is 87.5 cm³/mol. The van der Waals surface area contributed by atoms with Crippen molar-refractivity contribution in [2.75, 3.05) is 17.4 Å². The molecular weight excluding hydrogens is 284 g/mol. The number of nitrogen functional groups attached to an aromatic ring is 1. The summed E-state index contributed by atoms with van der Waals surface area (Å²) < 4.78 is 0. The number of hydrazine groups is 1. The number of nitrogens with two attached hydrogens (primary N) is 1. The van der Waals surface area contributed by atoms with E-state index in [-0.39, 0.29) is 0 Å². The van der Waals surface area contributed by atoms with E-state index >= 15 is 0 Å². The fraction of sp³-hybridized carbons (Fsp3) is 0.500. The maximum absolute atomic E-state index is 5.57. The third kappa shape index (κ3) is 3.68. The summed E-state index contributed by atoms with van der Waals surface area (Å²) in [6, 6.07) is 0. The molecule has 2 rings (SSSR count). The molecule has 2 aromatic heterocycles. The van der Waals surface area contributed by atoms with E-state index in [9.17, 15) is 0 Å². The first-order valence-electron chi connectivity index (χ1n) is 7.01. The number of nitrogens with zero attached hydrogens (tertiary/aromatic N) is 4. The van der Waals surface area contributed by atoms with Crippen molar-refractivity contribution in [1.82, 2.24) is 15.0 Å². The maximum atomic E-state index is 5.57. The largest absolute Gasteiger partial charge is 0.353 e. The van der Waals surface area contributed by atoms with E-state index < -0.39 is 0 Å². The van der Waals surface area contributed by atoms with Gasteiger partial charge in [-0.25, -0.2) is 20.8 Å². The van der Waals surface area contributed by atoms with Gasteiger partial charge in [0.1, 0.15) is 17.5 Å². The average molecular weight is 306 g/mol.